The predicted octanol–water partition coefficient (Wildman–Crippen LogP) is 0.762. The van der Waals surface area contributed by atoms with Crippen molar-refractivity contribution in [1.82, 2.24) is 14.5 Å². The molecule has 0 aromatic carbocycles. The van der Waals surface area contributed by atoms with Gasteiger partial charge in [-0.15, -0.1) is 0 Å². The van der Waals surface area contributed by atoms with Crippen LogP contribution in [-0.4, -0.2) is 39.0 Å². The molecule has 17 heavy (non-hydrogen) atoms. The van der Waals surface area contributed by atoms with Crippen molar-refractivity contribution in [2.24, 2.45) is 12.8 Å². The van der Waals surface area contributed by atoms with Crippen molar-refractivity contribution in [1.29, 1.82) is 0 Å². The van der Waals surface area contributed by atoms with Gasteiger partial charge in [-0.2, -0.15) is 0 Å². The van der Waals surface area contributed by atoms with Crippen LogP contribution >= 0.6 is 0 Å². The highest BCUT2D eigenvalue weighted by Crippen LogP contribution is 2.20. The number of amides is 1. The van der Waals surface area contributed by atoms with E-state index in [4.69, 9.17) is 5.73 Å². The molecule has 2 rings (SSSR count). The van der Waals surface area contributed by atoms with Crippen LogP contribution in [0.4, 0.5) is 0 Å². The van der Waals surface area contributed by atoms with Crippen molar-refractivity contribution in [3.05, 3.63) is 18.2 Å². The fourth-order valence-corrected chi connectivity index (χ4v) is 2.43. The van der Waals surface area contributed by atoms with Crippen molar-refractivity contribution in [3.8, 4) is 0 Å². The number of aryl methyl sites for hydroxylation is 1. The second-order valence-corrected chi connectivity index (χ2v) is 4.85. The lowest BCUT2D eigenvalue weighted by Crippen LogP contribution is -2.51. The van der Waals surface area contributed by atoms with Gasteiger partial charge < -0.3 is 15.2 Å². The molecule has 1 fully saturated rings. The Hall–Kier alpha value is -1.36. The lowest BCUT2D eigenvalue weighted by molar-refractivity contribution is 0.0578. The molecule has 94 valence electrons. The minimum absolute atomic E-state index is 0.00704. The molecule has 1 aromatic rings. The molecule has 0 saturated carbocycles. The summed E-state index contributed by atoms with van der Waals surface area (Å²) in [6.07, 6.45) is 6.61. The quantitative estimate of drug-likeness (QED) is 0.824. The van der Waals surface area contributed by atoms with Crippen molar-refractivity contribution >= 4 is 5.91 Å². The van der Waals surface area contributed by atoms with E-state index in [9.17, 15) is 4.79 Å². The zero-order valence-corrected chi connectivity index (χ0v) is 10.5. The summed E-state index contributed by atoms with van der Waals surface area (Å²) >= 11 is 0. The highest BCUT2D eigenvalue weighted by atomic mass is 16.2. The maximum Gasteiger partial charge on any atom is 0.274 e. The third-order valence-corrected chi connectivity index (χ3v) is 3.34. The normalized spacial score (nSPS) is 22.5. The third kappa shape index (κ3) is 2.49. The second-order valence-electron chi connectivity index (χ2n) is 4.85. The Bertz CT molecular complexity index is 399. The molecule has 2 N–H and O–H groups in total. The summed E-state index contributed by atoms with van der Waals surface area (Å²) in [4.78, 5) is 18.3. The van der Waals surface area contributed by atoms with Crippen LogP contribution in [0.5, 0.6) is 0 Å². The number of hydrogen-bond donors (Lipinski definition) is 1. The third-order valence-electron chi connectivity index (χ3n) is 3.34. The predicted molar refractivity (Wildman–Crippen MR) is 65.5 cm³/mol. The number of hydrogen-bond acceptors (Lipinski definition) is 3. The van der Waals surface area contributed by atoms with Crippen LogP contribution in [0.25, 0.3) is 0 Å². The van der Waals surface area contributed by atoms with Crippen molar-refractivity contribution in [3.63, 3.8) is 0 Å². The highest BCUT2D eigenvalue weighted by molar-refractivity contribution is 5.92. The van der Waals surface area contributed by atoms with E-state index in [0.717, 1.165) is 25.8 Å². The van der Waals surface area contributed by atoms with Gasteiger partial charge in [-0.3, -0.25) is 4.79 Å². The van der Waals surface area contributed by atoms with E-state index in [1.54, 1.807) is 17.1 Å². The van der Waals surface area contributed by atoms with E-state index >= 15 is 0 Å². The molecule has 1 amide bonds. The van der Waals surface area contributed by atoms with Crippen molar-refractivity contribution < 1.29 is 4.79 Å². The largest absolute Gasteiger partial charge is 0.340 e. The number of rotatable bonds is 2. The molecule has 1 saturated heterocycles. The maximum atomic E-state index is 12.3. The number of likely N-dealkylation sites (tertiary alicyclic amines) is 1. The maximum absolute atomic E-state index is 12.3. The monoisotopic (exact) mass is 236 g/mol. The van der Waals surface area contributed by atoms with Crippen molar-refractivity contribution in [2.45, 2.75) is 38.3 Å². The number of imidazole rings is 1. The summed E-state index contributed by atoms with van der Waals surface area (Å²) in [6, 6.07) is 0.168. The average molecular weight is 236 g/mol. The summed E-state index contributed by atoms with van der Waals surface area (Å²) in [6.45, 7) is 2.76. The molecule has 5 heteroatoms. The Kier molecular flexibility index (Phi) is 3.47. The van der Waals surface area contributed by atoms with E-state index in [1.165, 1.54) is 0 Å². The van der Waals surface area contributed by atoms with E-state index < -0.39 is 0 Å². The summed E-state index contributed by atoms with van der Waals surface area (Å²) in [5.74, 6) is 0.00704. The zero-order valence-electron chi connectivity index (χ0n) is 10.5. The van der Waals surface area contributed by atoms with Gasteiger partial charge >= 0.3 is 0 Å². The smallest absolute Gasteiger partial charge is 0.274 e. The molecule has 0 radical (unpaired) electrons. The first-order valence-electron chi connectivity index (χ1n) is 6.14. The van der Waals surface area contributed by atoms with Gasteiger partial charge in [-0.25, -0.2) is 4.98 Å². The Morgan fingerprint density at radius 1 is 1.59 bits per heavy atom. The summed E-state index contributed by atoms with van der Waals surface area (Å²) < 4.78 is 1.79. The lowest BCUT2D eigenvalue weighted by atomic mass is 9.96. The van der Waals surface area contributed by atoms with Gasteiger partial charge in [0.15, 0.2) is 0 Å². The Morgan fingerprint density at radius 2 is 2.35 bits per heavy atom. The van der Waals surface area contributed by atoms with E-state index in [2.05, 4.69) is 4.98 Å². The summed E-state index contributed by atoms with van der Waals surface area (Å²) in [7, 11) is 1.86. The standard InChI is InChI=1S/C12H20N4O/c1-9(13)11-5-3-4-6-16(11)12(17)10-7-15(2)8-14-10/h7-9,11H,3-6,13H2,1-2H3. The van der Waals surface area contributed by atoms with Gasteiger partial charge in [-0.1, -0.05) is 0 Å². The van der Waals surface area contributed by atoms with Crippen molar-refractivity contribution in [2.75, 3.05) is 6.54 Å². The lowest BCUT2D eigenvalue weighted by Gasteiger charge is -2.37. The van der Waals surface area contributed by atoms with Crippen LogP contribution in [0.1, 0.15) is 36.7 Å². The van der Waals surface area contributed by atoms with Crippen LogP contribution in [-0.2, 0) is 7.05 Å². The molecule has 1 aromatic heterocycles. The van der Waals surface area contributed by atoms with Crippen LogP contribution in [0.2, 0.25) is 0 Å². The topological polar surface area (TPSA) is 64.2 Å². The summed E-state index contributed by atoms with van der Waals surface area (Å²) in [5, 5.41) is 0. The van der Waals surface area contributed by atoms with Crippen LogP contribution < -0.4 is 5.73 Å². The first kappa shape index (κ1) is 12.1. The molecule has 1 aliphatic heterocycles. The van der Waals surface area contributed by atoms with Crippen LogP contribution in [0, 0.1) is 0 Å². The van der Waals surface area contributed by atoms with E-state index in [0.29, 0.717) is 5.69 Å². The van der Waals surface area contributed by atoms with E-state index in [1.807, 2.05) is 18.9 Å². The average Bonchev–Trinajstić information content (AvgIpc) is 2.75. The second kappa shape index (κ2) is 4.87. The molecule has 5 nitrogen and oxygen atoms in total. The van der Waals surface area contributed by atoms with Gasteiger partial charge in [0.05, 0.1) is 6.33 Å². The molecule has 0 aliphatic carbocycles. The summed E-state index contributed by atoms with van der Waals surface area (Å²) in [5.41, 5.74) is 6.47. The Labute approximate surface area is 102 Å². The number of nitrogens with two attached hydrogens (primary N) is 1. The molecule has 2 unspecified atom stereocenters. The van der Waals surface area contributed by atoms with Gasteiger partial charge in [0.1, 0.15) is 5.69 Å². The van der Waals surface area contributed by atoms with Gasteiger partial charge in [0.2, 0.25) is 0 Å². The highest BCUT2D eigenvalue weighted by Gasteiger charge is 2.30. The molecular formula is C12H20N4O. The van der Waals surface area contributed by atoms with Crippen LogP contribution in [0.3, 0.4) is 0 Å². The molecule has 2 heterocycles. The van der Waals surface area contributed by atoms with Gasteiger partial charge in [-0.05, 0) is 26.2 Å². The molecule has 1 aliphatic rings. The molecule has 0 spiro atoms. The molecule has 0 bridgehead atoms. The Morgan fingerprint density at radius 3 is 2.94 bits per heavy atom. The number of carbonyl (C=O) groups is 1. The van der Waals surface area contributed by atoms with Crippen LogP contribution in [0.15, 0.2) is 12.5 Å². The van der Waals surface area contributed by atoms with Gasteiger partial charge in [0, 0.05) is 31.9 Å². The first-order valence-corrected chi connectivity index (χ1v) is 6.14. The fourth-order valence-electron chi connectivity index (χ4n) is 2.43. The minimum Gasteiger partial charge on any atom is -0.340 e. The fraction of sp³-hybridized carbons (Fsp3) is 0.667. The van der Waals surface area contributed by atoms with E-state index in [-0.39, 0.29) is 18.0 Å². The first-order chi connectivity index (χ1) is 8.09. The number of nitrogens with zero attached hydrogens (tertiary/aromatic N) is 3. The number of piperidine rings is 1. The molecule has 2 atom stereocenters. The zero-order chi connectivity index (χ0) is 12.4. The molecular weight excluding hydrogens is 216 g/mol. The number of aromatic nitrogens is 2. The Balaban J connectivity index is 2.16. The number of carbonyl (C=O) groups excluding carboxylic acids is 1. The van der Waals surface area contributed by atoms with Gasteiger partial charge in [0.25, 0.3) is 5.91 Å². The minimum atomic E-state index is 0.00704. The SMILES string of the molecule is CC(N)C1CCCCN1C(=O)c1cn(C)cn1.